The van der Waals surface area contributed by atoms with Crippen molar-refractivity contribution in [1.82, 2.24) is 0 Å². The third-order valence-electron chi connectivity index (χ3n) is 4.40. The summed E-state index contributed by atoms with van der Waals surface area (Å²) >= 11 is 1.52. The lowest BCUT2D eigenvalue weighted by molar-refractivity contribution is 0.103. The summed E-state index contributed by atoms with van der Waals surface area (Å²) in [5.74, 6) is 0.814. The zero-order valence-electron chi connectivity index (χ0n) is 13.6. The molecule has 0 spiro atoms. The molecular formula is C20H17NO2S. The fraction of sp³-hybridized carbons (Fsp3) is 0.150. The van der Waals surface area contributed by atoms with E-state index >= 15 is 0 Å². The maximum absolute atomic E-state index is 12.7. The lowest BCUT2D eigenvalue weighted by Gasteiger charge is -2.16. The molecule has 3 nitrogen and oxygen atoms in total. The van der Waals surface area contributed by atoms with Gasteiger partial charge in [0.15, 0.2) is 0 Å². The first-order valence-electron chi connectivity index (χ1n) is 7.86. The summed E-state index contributed by atoms with van der Waals surface area (Å²) in [4.78, 5) is 14.5. The summed E-state index contributed by atoms with van der Waals surface area (Å²) in [6.07, 6.45) is 0. The number of nitrogens with one attached hydrogen (secondary N) is 1. The molecule has 3 aromatic rings. The Balaban J connectivity index is 1.66. The van der Waals surface area contributed by atoms with E-state index in [0.717, 1.165) is 33.0 Å². The molecule has 0 radical (unpaired) electrons. The van der Waals surface area contributed by atoms with E-state index in [-0.39, 0.29) is 5.91 Å². The molecule has 2 heterocycles. The number of aryl methyl sites for hydroxylation is 1. The van der Waals surface area contributed by atoms with Gasteiger partial charge in [-0.2, -0.15) is 0 Å². The van der Waals surface area contributed by atoms with Gasteiger partial charge in [-0.15, -0.1) is 11.3 Å². The normalized spacial score (nSPS) is 12.1. The second-order valence-corrected chi connectivity index (χ2v) is 7.00. The van der Waals surface area contributed by atoms with Crippen LogP contribution in [0.3, 0.4) is 0 Å². The molecule has 0 bridgehead atoms. The van der Waals surface area contributed by atoms with Crippen molar-refractivity contribution in [3.63, 3.8) is 0 Å². The van der Waals surface area contributed by atoms with Gasteiger partial charge in [-0.05, 0) is 49.2 Å². The summed E-state index contributed by atoms with van der Waals surface area (Å²) in [5, 5.41) is 3.03. The van der Waals surface area contributed by atoms with Gasteiger partial charge in [0.2, 0.25) is 0 Å². The van der Waals surface area contributed by atoms with Gasteiger partial charge < -0.3 is 10.1 Å². The third kappa shape index (κ3) is 2.49. The minimum Gasteiger partial charge on any atom is -0.488 e. The highest BCUT2D eigenvalue weighted by Gasteiger charge is 2.22. The Morgan fingerprint density at radius 1 is 1.12 bits per heavy atom. The highest BCUT2D eigenvalue weighted by molar-refractivity contribution is 7.17. The SMILES string of the molecule is Cc1cccc(NC(=O)c2cc3c(s2)-c2ccccc2OC3)c1C. The quantitative estimate of drug-likeness (QED) is 0.701. The van der Waals surface area contributed by atoms with Gasteiger partial charge in [0.1, 0.15) is 12.4 Å². The number of carbonyl (C=O) groups is 1. The van der Waals surface area contributed by atoms with Crippen LogP contribution in [-0.4, -0.2) is 5.91 Å². The van der Waals surface area contributed by atoms with Gasteiger partial charge in [0, 0.05) is 21.7 Å². The summed E-state index contributed by atoms with van der Waals surface area (Å²) in [6.45, 7) is 4.58. The Morgan fingerprint density at radius 3 is 2.83 bits per heavy atom. The molecule has 2 aromatic carbocycles. The van der Waals surface area contributed by atoms with Gasteiger partial charge >= 0.3 is 0 Å². The van der Waals surface area contributed by atoms with Crippen LogP contribution in [0.25, 0.3) is 10.4 Å². The Bertz CT molecular complexity index is 943. The number of carbonyl (C=O) groups excluding carboxylic acids is 1. The maximum atomic E-state index is 12.7. The first-order valence-corrected chi connectivity index (χ1v) is 8.67. The molecule has 4 heteroatoms. The van der Waals surface area contributed by atoms with E-state index in [4.69, 9.17) is 4.74 Å². The number of hydrogen-bond acceptors (Lipinski definition) is 3. The smallest absolute Gasteiger partial charge is 0.265 e. The first kappa shape index (κ1) is 15.0. The average Bonchev–Trinajstić information content (AvgIpc) is 3.04. The van der Waals surface area contributed by atoms with Crippen LogP contribution in [0.2, 0.25) is 0 Å². The van der Waals surface area contributed by atoms with Gasteiger partial charge in [-0.1, -0.05) is 24.3 Å². The van der Waals surface area contributed by atoms with Crippen LogP contribution in [0.15, 0.2) is 48.5 Å². The van der Waals surface area contributed by atoms with Gasteiger partial charge in [0.05, 0.1) is 4.88 Å². The number of thiophene rings is 1. The molecule has 0 aliphatic carbocycles. The van der Waals surface area contributed by atoms with Crippen molar-refractivity contribution in [1.29, 1.82) is 0 Å². The lowest BCUT2D eigenvalue weighted by atomic mass is 10.1. The second kappa shape index (κ2) is 5.80. The number of hydrogen-bond donors (Lipinski definition) is 1. The fourth-order valence-corrected chi connectivity index (χ4v) is 3.97. The van der Waals surface area contributed by atoms with Crippen LogP contribution in [0.4, 0.5) is 5.69 Å². The van der Waals surface area contributed by atoms with Gasteiger partial charge in [-0.25, -0.2) is 0 Å². The summed E-state index contributed by atoms with van der Waals surface area (Å²) < 4.78 is 5.77. The van der Waals surface area contributed by atoms with Crippen LogP contribution in [0, 0.1) is 13.8 Å². The Labute approximate surface area is 144 Å². The van der Waals surface area contributed by atoms with Crippen molar-refractivity contribution in [3.05, 3.63) is 70.1 Å². The van der Waals surface area contributed by atoms with E-state index < -0.39 is 0 Å². The summed E-state index contributed by atoms with van der Waals surface area (Å²) in [6, 6.07) is 15.8. The third-order valence-corrected chi connectivity index (χ3v) is 5.61. The second-order valence-electron chi connectivity index (χ2n) is 5.95. The number of fused-ring (bicyclic) bond motifs is 3. The molecule has 1 aliphatic rings. The molecule has 0 saturated carbocycles. The molecule has 1 aromatic heterocycles. The molecule has 120 valence electrons. The monoisotopic (exact) mass is 335 g/mol. The largest absolute Gasteiger partial charge is 0.488 e. The van der Waals surface area contributed by atoms with E-state index in [2.05, 4.69) is 5.32 Å². The Hall–Kier alpha value is -2.59. The number of para-hydroxylation sites is 1. The molecule has 0 atom stereocenters. The fourth-order valence-electron chi connectivity index (χ4n) is 2.88. The number of anilines is 1. The molecule has 1 amide bonds. The van der Waals surface area contributed by atoms with Crippen LogP contribution in [0.1, 0.15) is 26.4 Å². The molecule has 0 unspecified atom stereocenters. The van der Waals surface area contributed by atoms with Crippen molar-refractivity contribution in [3.8, 4) is 16.2 Å². The predicted octanol–water partition coefficient (Wildman–Crippen LogP) is 5.18. The van der Waals surface area contributed by atoms with Gasteiger partial charge in [0.25, 0.3) is 5.91 Å². The van der Waals surface area contributed by atoms with E-state index in [1.165, 1.54) is 16.9 Å². The molecule has 4 rings (SSSR count). The molecular weight excluding hydrogens is 318 g/mol. The minimum absolute atomic E-state index is 0.0689. The maximum Gasteiger partial charge on any atom is 0.265 e. The van der Waals surface area contributed by atoms with E-state index in [9.17, 15) is 4.79 Å². The molecule has 24 heavy (non-hydrogen) atoms. The first-order chi connectivity index (χ1) is 11.6. The minimum atomic E-state index is -0.0689. The highest BCUT2D eigenvalue weighted by atomic mass is 32.1. The van der Waals surface area contributed by atoms with Crippen molar-refractivity contribution in [2.75, 3.05) is 5.32 Å². The van der Waals surface area contributed by atoms with Crippen LogP contribution in [0.5, 0.6) is 5.75 Å². The molecule has 0 saturated heterocycles. The summed E-state index contributed by atoms with van der Waals surface area (Å²) in [7, 11) is 0. The van der Waals surface area contributed by atoms with Crippen LogP contribution < -0.4 is 10.1 Å². The number of ether oxygens (including phenoxy) is 1. The molecule has 1 aliphatic heterocycles. The van der Waals surface area contributed by atoms with E-state index in [0.29, 0.717) is 11.5 Å². The van der Waals surface area contributed by atoms with Crippen molar-refractivity contribution < 1.29 is 9.53 Å². The van der Waals surface area contributed by atoms with Crippen LogP contribution in [-0.2, 0) is 6.61 Å². The number of rotatable bonds is 2. The summed E-state index contributed by atoms with van der Waals surface area (Å²) in [5.41, 5.74) is 5.27. The molecule has 0 fully saturated rings. The highest BCUT2D eigenvalue weighted by Crippen LogP contribution is 2.42. The Kier molecular flexibility index (Phi) is 3.62. The molecule has 1 N–H and O–H groups in total. The topological polar surface area (TPSA) is 38.3 Å². The zero-order chi connectivity index (χ0) is 16.7. The number of benzene rings is 2. The van der Waals surface area contributed by atoms with E-state index in [1.54, 1.807) is 0 Å². The van der Waals surface area contributed by atoms with Crippen molar-refractivity contribution >= 4 is 22.9 Å². The zero-order valence-corrected chi connectivity index (χ0v) is 14.4. The number of amides is 1. The average molecular weight is 335 g/mol. The lowest BCUT2D eigenvalue weighted by Crippen LogP contribution is -2.11. The van der Waals surface area contributed by atoms with Crippen LogP contribution >= 0.6 is 11.3 Å². The Morgan fingerprint density at radius 2 is 1.96 bits per heavy atom. The van der Waals surface area contributed by atoms with Crippen molar-refractivity contribution in [2.45, 2.75) is 20.5 Å². The predicted molar refractivity (Wildman–Crippen MR) is 98.0 cm³/mol. The van der Waals surface area contributed by atoms with Crippen molar-refractivity contribution in [2.24, 2.45) is 0 Å². The van der Waals surface area contributed by atoms with Gasteiger partial charge in [-0.3, -0.25) is 4.79 Å². The van der Waals surface area contributed by atoms with E-state index in [1.807, 2.05) is 62.4 Å². The standard InChI is InChI=1S/C20H17NO2S/c1-12-6-5-8-16(13(12)2)21-20(22)18-10-14-11-23-17-9-4-3-7-15(17)19(14)24-18/h3-10H,11H2,1-2H3,(H,21,22).